The SMILES string of the molecule is CCCOc1ccccc1NC(=O)/C=C/c1c(C)cc(OC)cc1C. The highest BCUT2D eigenvalue weighted by Crippen LogP contribution is 2.25. The molecule has 0 aliphatic rings. The van der Waals surface area contributed by atoms with E-state index in [1.54, 1.807) is 13.2 Å². The van der Waals surface area contributed by atoms with Crippen LogP contribution in [0.1, 0.15) is 30.0 Å². The normalized spacial score (nSPS) is 10.7. The molecule has 0 bridgehead atoms. The van der Waals surface area contributed by atoms with E-state index in [9.17, 15) is 4.79 Å². The van der Waals surface area contributed by atoms with Gasteiger partial charge in [0.1, 0.15) is 11.5 Å². The number of hydrogen-bond acceptors (Lipinski definition) is 3. The van der Waals surface area contributed by atoms with Crippen molar-refractivity contribution in [1.29, 1.82) is 0 Å². The minimum Gasteiger partial charge on any atom is -0.497 e. The molecule has 0 saturated carbocycles. The second-order valence-electron chi connectivity index (χ2n) is 5.84. The lowest BCUT2D eigenvalue weighted by Crippen LogP contribution is -2.09. The van der Waals surface area contributed by atoms with Crippen LogP contribution in [-0.2, 0) is 4.79 Å². The summed E-state index contributed by atoms with van der Waals surface area (Å²) in [4.78, 5) is 12.3. The smallest absolute Gasteiger partial charge is 0.248 e. The number of methoxy groups -OCH3 is 1. The van der Waals surface area contributed by atoms with Gasteiger partial charge in [-0.05, 0) is 67.3 Å². The van der Waals surface area contributed by atoms with Gasteiger partial charge >= 0.3 is 0 Å². The lowest BCUT2D eigenvalue weighted by atomic mass is 10.0. The third kappa shape index (κ3) is 5.11. The van der Waals surface area contributed by atoms with Crippen molar-refractivity contribution in [2.75, 3.05) is 19.0 Å². The Bertz CT molecular complexity index is 742. The van der Waals surface area contributed by atoms with Crippen LogP contribution in [0, 0.1) is 13.8 Å². The summed E-state index contributed by atoms with van der Waals surface area (Å²) in [5.74, 6) is 1.31. The van der Waals surface area contributed by atoms with Crippen LogP contribution in [0.25, 0.3) is 6.08 Å². The third-order valence-corrected chi connectivity index (χ3v) is 3.81. The average molecular weight is 339 g/mol. The number of benzene rings is 2. The molecule has 25 heavy (non-hydrogen) atoms. The van der Waals surface area contributed by atoms with Crippen molar-refractivity contribution in [3.8, 4) is 11.5 Å². The van der Waals surface area contributed by atoms with Crippen LogP contribution in [0.4, 0.5) is 5.69 Å². The summed E-state index contributed by atoms with van der Waals surface area (Å²) in [5.41, 5.74) is 3.82. The number of hydrogen-bond donors (Lipinski definition) is 1. The molecule has 0 spiro atoms. The summed E-state index contributed by atoms with van der Waals surface area (Å²) in [6, 6.07) is 11.4. The topological polar surface area (TPSA) is 47.6 Å². The Kier molecular flexibility index (Phi) is 6.63. The van der Waals surface area contributed by atoms with Crippen molar-refractivity contribution >= 4 is 17.7 Å². The summed E-state index contributed by atoms with van der Waals surface area (Å²) >= 11 is 0. The Morgan fingerprint density at radius 3 is 2.48 bits per heavy atom. The number of ether oxygens (including phenoxy) is 2. The quantitative estimate of drug-likeness (QED) is 0.740. The second kappa shape index (κ2) is 8.92. The van der Waals surface area contributed by atoms with E-state index < -0.39 is 0 Å². The maximum atomic E-state index is 12.3. The number of aryl methyl sites for hydroxylation is 2. The summed E-state index contributed by atoms with van der Waals surface area (Å²) in [6.45, 7) is 6.67. The van der Waals surface area contributed by atoms with Crippen LogP contribution in [0.3, 0.4) is 0 Å². The van der Waals surface area contributed by atoms with Crippen LogP contribution in [-0.4, -0.2) is 19.6 Å². The second-order valence-corrected chi connectivity index (χ2v) is 5.84. The summed E-state index contributed by atoms with van der Waals surface area (Å²) in [7, 11) is 1.65. The molecule has 4 heteroatoms. The number of amides is 1. The van der Waals surface area contributed by atoms with Gasteiger partial charge in [0, 0.05) is 6.08 Å². The van der Waals surface area contributed by atoms with Gasteiger partial charge in [0.2, 0.25) is 5.91 Å². The van der Waals surface area contributed by atoms with E-state index in [4.69, 9.17) is 9.47 Å². The van der Waals surface area contributed by atoms with Gasteiger partial charge in [-0.1, -0.05) is 19.1 Å². The molecule has 0 radical (unpaired) electrons. The lowest BCUT2D eigenvalue weighted by Gasteiger charge is -2.11. The van der Waals surface area contributed by atoms with Crippen molar-refractivity contribution in [1.82, 2.24) is 0 Å². The zero-order valence-electron chi connectivity index (χ0n) is 15.3. The van der Waals surface area contributed by atoms with Crippen molar-refractivity contribution in [2.45, 2.75) is 27.2 Å². The number of para-hydroxylation sites is 2. The first-order valence-electron chi connectivity index (χ1n) is 8.41. The maximum Gasteiger partial charge on any atom is 0.248 e. The lowest BCUT2D eigenvalue weighted by molar-refractivity contribution is -0.111. The minimum absolute atomic E-state index is 0.192. The van der Waals surface area contributed by atoms with E-state index in [-0.39, 0.29) is 5.91 Å². The number of anilines is 1. The van der Waals surface area contributed by atoms with Crippen molar-refractivity contribution in [3.05, 3.63) is 59.2 Å². The van der Waals surface area contributed by atoms with E-state index in [1.165, 1.54) is 0 Å². The molecule has 0 saturated heterocycles. The molecule has 2 aromatic carbocycles. The summed E-state index contributed by atoms with van der Waals surface area (Å²) < 4.78 is 10.9. The molecule has 0 aromatic heterocycles. The van der Waals surface area contributed by atoms with E-state index >= 15 is 0 Å². The van der Waals surface area contributed by atoms with Gasteiger partial charge < -0.3 is 14.8 Å². The molecule has 0 atom stereocenters. The highest BCUT2D eigenvalue weighted by atomic mass is 16.5. The first-order valence-corrected chi connectivity index (χ1v) is 8.41. The Labute approximate surface area is 149 Å². The zero-order valence-corrected chi connectivity index (χ0v) is 15.3. The van der Waals surface area contributed by atoms with Gasteiger partial charge in [-0.15, -0.1) is 0 Å². The average Bonchev–Trinajstić information content (AvgIpc) is 2.60. The largest absolute Gasteiger partial charge is 0.497 e. The van der Waals surface area contributed by atoms with E-state index in [1.807, 2.05) is 63.2 Å². The molecule has 2 aromatic rings. The standard InChI is InChI=1S/C21H25NO3/c1-5-12-25-20-9-7-6-8-19(20)22-21(23)11-10-18-15(2)13-17(24-4)14-16(18)3/h6-11,13-14H,5,12H2,1-4H3,(H,22,23)/b11-10+. The predicted molar refractivity (Wildman–Crippen MR) is 102 cm³/mol. The first-order chi connectivity index (χ1) is 12.0. The summed E-state index contributed by atoms with van der Waals surface area (Å²) in [6.07, 6.45) is 4.28. The minimum atomic E-state index is -0.192. The molecule has 1 N–H and O–H groups in total. The van der Waals surface area contributed by atoms with Crippen molar-refractivity contribution < 1.29 is 14.3 Å². The predicted octanol–water partition coefficient (Wildman–Crippen LogP) is 4.75. The molecular formula is C21H25NO3. The molecule has 4 nitrogen and oxygen atoms in total. The van der Waals surface area contributed by atoms with Gasteiger partial charge in [0.25, 0.3) is 0 Å². The third-order valence-electron chi connectivity index (χ3n) is 3.81. The van der Waals surface area contributed by atoms with E-state index in [2.05, 4.69) is 5.32 Å². The Hall–Kier alpha value is -2.75. The summed E-state index contributed by atoms with van der Waals surface area (Å²) in [5, 5.41) is 2.88. The van der Waals surface area contributed by atoms with Gasteiger partial charge in [-0.25, -0.2) is 0 Å². The molecule has 0 aliphatic heterocycles. The maximum absolute atomic E-state index is 12.3. The van der Waals surface area contributed by atoms with Crippen LogP contribution in [0.15, 0.2) is 42.5 Å². The number of carbonyl (C=O) groups excluding carboxylic acids is 1. The first kappa shape index (κ1) is 18.6. The molecule has 0 aliphatic carbocycles. The molecule has 0 fully saturated rings. The van der Waals surface area contributed by atoms with Crippen molar-refractivity contribution in [2.24, 2.45) is 0 Å². The van der Waals surface area contributed by atoms with Gasteiger partial charge in [-0.2, -0.15) is 0 Å². The fourth-order valence-corrected chi connectivity index (χ4v) is 2.56. The van der Waals surface area contributed by atoms with Crippen LogP contribution < -0.4 is 14.8 Å². The fraction of sp³-hybridized carbons (Fsp3) is 0.286. The molecule has 0 heterocycles. The van der Waals surface area contributed by atoms with Gasteiger partial charge in [0.15, 0.2) is 0 Å². The van der Waals surface area contributed by atoms with Crippen LogP contribution in [0.2, 0.25) is 0 Å². The highest BCUT2D eigenvalue weighted by Gasteiger charge is 2.07. The molecule has 1 amide bonds. The van der Waals surface area contributed by atoms with Crippen molar-refractivity contribution in [3.63, 3.8) is 0 Å². The number of carbonyl (C=O) groups is 1. The molecular weight excluding hydrogens is 314 g/mol. The monoisotopic (exact) mass is 339 g/mol. The molecule has 0 unspecified atom stereocenters. The Morgan fingerprint density at radius 1 is 1.16 bits per heavy atom. The fourth-order valence-electron chi connectivity index (χ4n) is 2.56. The molecule has 132 valence electrons. The van der Waals surface area contributed by atoms with Crippen LogP contribution in [0.5, 0.6) is 11.5 Å². The number of rotatable bonds is 7. The molecule has 2 rings (SSSR count). The Morgan fingerprint density at radius 2 is 1.84 bits per heavy atom. The van der Waals surface area contributed by atoms with E-state index in [0.29, 0.717) is 18.0 Å². The van der Waals surface area contributed by atoms with Gasteiger partial charge in [-0.3, -0.25) is 4.79 Å². The highest BCUT2D eigenvalue weighted by molar-refractivity contribution is 6.03. The van der Waals surface area contributed by atoms with E-state index in [0.717, 1.165) is 28.9 Å². The zero-order chi connectivity index (χ0) is 18.2. The Balaban J connectivity index is 2.12. The van der Waals surface area contributed by atoms with Gasteiger partial charge in [0.05, 0.1) is 19.4 Å². The number of nitrogens with one attached hydrogen (secondary N) is 1. The van der Waals surface area contributed by atoms with Crippen LogP contribution >= 0.6 is 0 Å².